The fraction of sp³-hybridized carbons (Fsp3) is 0.556. The van der Waals surface area contributed by atoms with Gasteiger partial charge in [-0.05, 0) is 19.8 Å². The minimum atomic E-state index is 0.217. The van der Waals surface area contributed by atoms with Gasteiger partial charge in [0, 0.05) is 12.6 Å². The second kappa shape index (κ2) is 5.39. The van der Waals surface area contributed by atoms with Crippen LogP contribution in [0.15, 0.2) is 12.4 Å². The van der Waals surface area contributed by atoms with Crippen molar-refractivity contribution in [2.75, 3.05) is 17.7 Å². The third kappa shape index (κ3) is 3.57. The second-order valence-electron chi connectivity index (χ2n) is 3.25. The molecule has 1 heterocycles. The van der Waals surface area contributed by atoms with Crippen LogP contribution in [0.4, 0.5) is 11.6 Å². The first kappa shape index (κ1) is 10.7. The van der Waals surface area contributed by atoms with Gasteiger partial charge in [-0.15, -0.1) is 0 Å². The van der Waals surface area contributed by atoms with Crippen LogP contribution in [0.3, 0.4) is 0 Å². The van der Waals surface area contributed by atoms with E-state index in [2.05, 4.69) is 15.3 Å². The number of nitrogens with one attached hydrogen (secondary N) is 1. The summed E-state index contributed by atoms with van der Waals surface area (Å²) in [5.74, 6) is 0.574. The van der Waals surface area contributed by atoms with E-state index in [-0.39, 0.29) is 12.6 Å². The van der Waals surface area contributed by atoms with Crippen molar-refractivity contribution >= 4 is 11.6 Å². The lowest BCUT2D eigenvalue weighted by Crippen LogP contribution is -2.17. The molecule has 0 fully saturated rings. The number of hydrogen-bond donors (Lipinski definition) is 3. The minimum Gasteiger partial charge on any atom is -0.396 e. The van der Waals surface area contributed by atoms with Crippen molar-refractivity contribution in [2.45, 2.75) is 25.8 Å². The molecule has 0 aliphatic rings. The Morgan fingerprint density at radius 2 is 2.14 bits per heavy atom. The number of aromatic nitrogens is 2. The van der Waals surface area contributed by atoms with Gasteiger partial charge in [0.25, 0.3) is 0 Å². The maximum absolute atomic E-state index is 8.64. The van der Waals surface area contributed by atoms with E-state index in [0.717, 1.165) is 12.8 Å². The van der Waals surface area contributed by atoms with Crippen molar-refractivity contribution in [3.05, 3.63) is 12.4 Å². The Kier molecular flexibility index (Phi) is 4.12. The number of rotatable bonds is 5. The van der Waals surface area contributed by atoms with Gasteiger partial charge in [0.2, 0.25) is 5.95 Å². The molecule has 14 heavy (non-hydrogen) atoms. The summed E-state index contributed by atoms with van der Waals surface area (Å²) in [5, 5.41) is 11.8. The zero-order chi connectivity index (χ0) is 10.4. The highest BCUT2D eigenvalue weighted by Gasteiger charge is 2.02. The molecule has 1 atom stereocenters. The molecule has 0 amide bonds. The topological polar surface area (TPSA) is 84.1 Å². The van der Waals surface area contributed by atoms with Crippen molar-refractivity contribution in [1.29, 1.82) is 0 Å². The maximum atomic E-state index is 8.64. The predicted octanol–water partition coefficient (Wildman–Crippen LogP) is 0.632. The van der Waals surface area contributed by atoms with Gasteiger partial charge in [-0.1, -0.05) is 0 Å². The second-order valence-corrected chi connectivity index (χ2v) is 3.25. The van der Waals surface area contributed by atoms with Crippen molar-refractivity contribution in [2.24, 2.45) is 0 Å². The minimum absolute atomic E-state index is 0.217. The van der Waals surface area contributed by atoms with Crippen LogP contribution in [0.1, 0.15) is 19.8 Å². The van der Waals surface area contributed by atoms with Gasteiger partial charge in [0.1, 0.15) is 0 Å². The van der Waals surface area contributed by atoms with Gasteiger partial charge < -0.3 is 16.2 Å². The highest BCUT2D eigenvalue weighted by Crippen LogP contribution is 2.05. The summed E-state index contributed by atoms with van der Waals surface area (Å²) < 4.78 is 0. The zero-order valence-corrected chi connectivity index (χ0v) is 8.27. The standard InChI is InChI=1S/C9H16N4O/c1-7(3-2-4-14)13-9-11-5-8(10)6-12-9/h5-7,14H,2-4,10H2,1H3,(H,11,12,13). The number of hydrogen-bond acceptors (Lipinski definition) is 5. The van der Waals surface area contributed by atoms with E-state index in [0.29, 0.717) is 11.6 Å². The summed E-state index contributed by atoms with van der Waals surface area (Å²) in [5.41, 5.74) is 6.01. The Bertz CT molecular complexity index is 262. The molecule has 1 unspecified atom stereocenters. The average molecular weight is 196 g/mol. The fourth-order valence-corrected chi connectivity index (χ4v) is 1.10. The molecule has 0 radical (unpaired) electrons. The van der Waals surface area contributed by atoms with Crippen LogP contribution < -0.4 is 11.1 Å². The van der Waals surface area contributed by atoms with E-state index in [1.807, 2.05) is 6.92 Å². The molecule has 78 valence electrons. The number of nitrogen functional groups attached to an aromatic ring is 1. The number of aliphatic hydroxyl groups is 1. The lowest BCUT2D eigenvalue weighted by Gasteiger charge is -2.12. The largest absolute Gasteiger partial charge is 0.396 e. The third-order valence-corrected chi connectivity index (χ3v) is 1.84. The van der Waals surface area contributed by atoms with Crippen LogP contribution in [0.2, 0.25) is 0 Å². The Hall–Kier alpha value is -1.36. The molecule has 0 spiro atoms. The maximum Gasteiger partial charge on any atom is 0.222 e. The summed E-state index contributed by atoms with van der Waals surface area (Å²) in [6, 6.07) is 0.255. The van der Waals surface area contributed by atoms with Crippen LogP contribution in [0.5, 0.6) is 0 Å². The monoisotopic (exact) mass is 196 g/mol. The molecule has 5 heteroatoms. The number of nitrogens with two attached hydrogens (primary N) is 1. The van der Waals surface area contributed by atoms with Gasteiger partial charge in [-0.2, -0.15) is 0 Å². The molecule has 0 saturated carbocycles. The Labute approximate surface area is 83.4 Å². The Morgan fingerprint density at radius 3 is 2.71 bits per heavy atom. The molecule has 0 aliphatic heterocycles. The zero-order valence-electron chi connectivity index (χ0n) is 8.27. The van der Waals surface area contributed by atoms with Crippen LogP contribution >= 0.6 is 0 Å². The quantitative estimate of drug-likeness (QED) is 0.643. The molecule has 5 nitrogen and oxygen atoms in total. The Morgan fingerprint density at radius 1 is 1.50 bits per heavy atom. The highest BCUT2D eigenvalue weighted by atomic mass is 16.2. The van der Waals surface area contributed by atoms with Gasteiger partial charge in [0.15, 0.2) is 0 Å². The van der Waals surface area contributed by atoms with Crippen molar-refractivity contribution in [3.63, 3.8) is 0 Å². The molecule has 0 aromatic carbocycles. The summed E-state index contributed by atoms with van der Waals surface area (Å²) >= 11 is 0. The van der Waals surface area contributed by atoms with E-state index in [9.17, 15) is 0 Å². The molecule has 0 saturated heterocycles. The summed E-state index contributed by atoms with van der Waals surface area (Å²) in [7, 11) is 0. The number of anilines is 2. The van der Waals surface area contributed by atoms with E-state index in [1.165, 1.54) is 0 Å². The van der Waals surface area contributed by atoms with E-state index >= 15 is 0 Å². The smallest absolute Gasteiger partial charge is 0.222 e. The number of aliphatic hydroxyl groups excluding tert-OH is 1. The lowest BCUT2D eigenvalue weighted by molar-refractivity contribution is 0.282. The van der Waals surface area contributed by atoms with E-state index in [1.54, 1.807) is 12.4 Å². The molecule has 0 bridgehead atoms. The van der Waals surface area contributed by atoms with Crippen LogP contribution in [-0.4, -0.2) is 27.7 Å². The summed E-state index contributed by atoms with van der Waals surface area (Å²) in [6.45, 7) is 2.24. The molecule has 0 aliphatic carbocycles. The van der Waals surface area contributed by atoms with Crippen molar-refractivity contribution in [3.8, 4) is 0 Å². The summed E-state index contributed by atoms with van der Waals surface area (Å²) in [4.78, 5) is 8.03. The van der Waals surface area contributed by atoms with Gasteiger partial charge >= 0.3 is 0 Å². The first-order valence-corrected chi connectivity index (χ1v) is 4.67. The lowest BCUT2D eigenvalue weighted by atomic mass is 10.2. The van der Waals surface area contributed by atoms with Gasteiger partial charge in [-0.25, -0.2) is 9.97 Å². The molecule has 1 aromatic rings. The van der Waals surface area contributed by atoms with Crippen molar-refractivity contribution < 1.29 is 5.11 Å². The predicted molar refractivity (Wildman–Crippen MR) is 55.8 cm³/mol. The first-order chi connectivity index (χ1) is 6.72. The van der Waals surface area contributed by atoms with Gasteiger partial charge in [-0.3, -0.25) is 0 Å². The molecular formula is C9H16N4O. The van der Waals surface area contributed by atoms with Crippen LogP contribution in [0.25, 0.3) is 0 Å². The van der Waals surface area contributed by atoms with Crippen molar-refractivity contribution in [1.82, 2.24) is 9.97 Å². The van der Waals surface area contributed by atoms with E-state index in [4.69, 9.17) is 10.8 Å². The molecule has 1 rings (SSSR count). The number of nitrogens with zero attached hydrogens (tertiary/aromatic N) is 2. The molecule has 4 N–H and O–H groups in total. The Balaban J connectivity index is 2.39. The third-order valence-electron chi connectivity index (χ3n) is 1.84. The molecule has 1 aromatic heterocycles. The molecular weight excluding hydrogens is 180 g/mol. The SMILES string of the molecule is CC(CCCO)Nc1ncc(N)cn1. The van der Waals surface area contributed by atoms with Crippen LogP contribution in [-0.2, 0) is 0 Å². The van der Waals surface area contributed by atoms with Gasteiger partial charge in [0.05, 0.1) is 18.1 Å². The van der Waals surface area contributed by atoms with E-state index < -0.39 is 0 Å². The fourth-order valence-electron chi connectivity index (χ4n) is 1.10. The normalized spacial score (nSPS) is 12.4. The average Bonchev–Trinajstić information content (AvgIpc) is 2.18. The first-order valence-electron chi connectivity index (χ1n) is 4.67. The summed E-state index contributed by atoms with van der Waals surface area (Å²) in [6.07, 6.45) is 4.80. The van der Waals surface area contributed by atoms with Crippen LogP contribution in [0, 0.1) is 0 Å². The highest BCUT2D eigenvalue weighted by molar-refractivity contribution is 5.36.